The first kappa shape index (κ1) is 13.9. The summed E-state index contributed by atoms with van der Waals surface area (Å²) in [5.41, 5.74) is 6.11. The first-order chi connectivity index (χ1) is 10.8. The van der Waals surface area contributed by atoms with Crippen molar-refractivity contribution in [1.82, 2.24) is 4.98 Å². The Morgan fingerprint density at radius 3 is 2.27 bits per heavy atom. The summed E-state index contributed by atoms with van der Waals surface area (Å²) in [6, 6.07) is 21.5. The molecule has 0 atom stereocenters. The van der Waals surface area contributed by atoms with Crippen molar-refractivity contribution >= 4 is 11.4 Å². The number of pyridine rings is 1. The Morgan fingerprint density at radius 2 is 1.59 bits per heavy atom. The highest BCUT2D eigenvalue weighted by atomic mass is 19.1. The number of nitrogens with zero attached hydrogens (tertiary/aromatic N) is 2. The van der Waals surface area contributed by atoms with E-state index in [2.05, 4.69) is 15.5 Å². The van der Waals surface area contributed by atoms with E-state index in [9.17, 15) is 4.39 Å². The number of hydrazone groups is 1. The zero-order valence-electron chi connectivity index (χ0n) is 11.8. The summed E-state index contributed by atoms with van der Waals surface area (Å²) in [6.07, 6.45) is 1.73. The van der Waals surface area contributed by atoms with Crippen LogP contribution in [0.25, 0.3) is 0 Å². The van der Waals surface area contributed by atoms with Crippen molar-refractivity contribution in [3.63, 3.8) is 0 Å². The average Bonchev–Trinajstić information content (AvgIpc) is 2.59. The summed E-state index contributed by atoms with van der Waals surface area (Å²) in [4.78, 5) is 4.35. The van der Waals surface area contributed by atoms with E-state index in [4.69, 9.17) is 0 Å². The van der Waals surface area contributed by atoms with Gasteiger partial charge in [0.25, 0.3) is 0 Å². The lowest BCUT2D eigenvalue weighted by molar-refractivity contribution is 0.628. The van der Waals surface area contributed by atoms with Gasteiger partial charge in [-0.1, -0.05) is 36.4 Å². The van der Waals surface area contributed by atoms with Crippen molar-refractivity contribution < 1.29 is 4.39 Å². The Balaban J connectivity index is 1.95. The van der Waals surface area contributed by atoms with Crippen LogP contribution in [0.2, 0.25) is 0 Å². The molecule has 2 aromatic carbocycles. The molecular weight excluding hydrogens is 277 g/mol. The van der Waals surface area contributed by atoms with Gasteiger partial charge in [-0.3, -0.25) is 10.4 Å². The molecule has 1 heterocycles. The van der Waals surface area contributed by atoms with Gasteiger partial charge in [0.1, 0.15) is 11.5 Å². The van der Waals surface area contributed by atoms with E-state index in [0.29, 0.717) is 5.69 Å². The smallest absolute Gasteiger partial charge is 0.123 e. The number of halogens is 1. The van der Waals surface area contributed by atoms with Crippen molar-refractivity contribution in [1.29, 1.82) is 0 Å². The number of aromatic nitrogens is 1. The summed E-state index contributed by atoms with van der Waals surface area (Å²) < 4.78 is 12.9. The molecule has 1 N–H and O–H groups in total. The largest absolute Gasteiger partial charge is 0.278 e. The predicted octanol–water partition coefficient (Wildman–Crippen LogP) is 4.09. The maximum absolute atomic E-state index is 12.9. The van der Waals surface area contributed by atoms with Gasteiger partial charge in [-0.15, -0.1) is 0 Å². The fourth-order valence-corrected chi connectivity index (χ4v) is 2.01. The number of benzene rings is 2. The van der Waals surface area contributed by atoms with Crippen molar-refractivity contribution in [2.24, 2.45) is 5.10 Å². The molecule has 22 heavy (non-hydrogen) atoms. The van der Waals surface area contributed by atoms with E-state index in [1.54, 1.807) is 18.3 Å². The lowest BCUT2D eigenvalue weighted by atomic mass is 10.1. The van der Waals surface area contributed by atoms with Gasteiger partial charge >= 0.3 is 0 Å². The van der Waals surface area contributed by atoms with Gasteiger partial charge in [0.2, 0.25) is 0 Å². The molecule has 0 unspecified atom stereocenters. The molecule has 0 saturated carbocycles. The lowest BCUT2D eigenvalue weighted by Crippen LogP contribution is -2.08. The van der Waals surface area contributed by atoms with E-state index in [1.807, 2.05) is 48.5 Å². The molecule has 0 fully saturated rings. The molecule has 0 aliphatic carbocycles. The molecule has 0 aliphatic rings. The van der Waals surface area contributed by atoms with E-state index in [1.165, 1.54) is 12.1 Å². The third-order valence-electron chi connectivity index (χ3n) is 3.10. The van der Waals surface area contributed by atoms with Gasteiger partial charge in [-0.2, -0.15) is 5.10 Å². The molecule has 1 aromatic heterocycles. The minimum atomic E-state index is -0.275. The van der Waals surface area contributed by atoms with Crippen LogP contribution < -0.4 is 5.43 Å². The third kappa shape index (κ3) is 3.35. The summed E-state index contributed by atoms with van der Waals surface area (Å²) in [7, 11) is 0. The second-order valence-electron chi connectivity index (χ2n) is 4.66. The zero-order valence-corrected chi connectivity index (χ0v) is 11.8. The summed E-state index contributed by atoms with van der Waals surface area (Å²) in [5.74, 6) is -0.275. The van der Waals surface area contributed by atoms with E-state index < -0.39 is 0 Å². The van der Waals surface area contributed by atoms with Crippen LogP contribution in [0.3, 0.4) is 0 Å². The van der Waals surface area contributed by atoms with Gasteiger partial charge in [-0.25, -0.2) is 4.39 Å². The number of anilines is 1. The number of rotatable bonds is 4. The lowest BCUT2D eigenvalue weighted by Gasteiger charge is -2.07. The van der Waals surface area contributed by atoms with Crippen molar-refractivity contribution in [3.05, 3.63) is 96.1 Å². The minimum absolute atomic E-state index is 0.275. The standard InChI is InChI=1S/C18H14FN3/c19-15-9-11-16(12-10-15)21-22-18(14-6-2-1-3-7-14)17-8-4-5-13-20-17/h1-13,21H/b22-18+. The van der Waals surface area contributed by atoms with Crippen molar-refractivity contribution in [2.45, 2.75) is 0 Å². The topological polar surface area (TPSA) is 37.3 Å². The first-order valence-electron chi connectivity index (χ1n) is 6.89. The van der Waals surface area contributed by atoms with E-state index in [0.717, 1.165) is 17.0 Å². The molecule has 0 amide bonds. The van der Waals surface area contributed by atoms with E-state index >= 15 is 0 Å². The molecule has 3 aromatic rings. The van der Waals surface area contributed by atoms with Crippen molar-refractivity contribution in [2.75, 3.05) is 5.43 Å². The van der Waals surface area contributed by atoms with Gasteiger partial charge < -0.3 is 0 Å². The highest BCUT2D eigenvalue weighted by Gasteiger charge is 2.07. The summed E-state index contributed by atoms with van der Waals surface area (Å²) >= 11 is 0. The SMILES string of the molecule is Fc1ccc(N/N=C(\c2ccccc2)c2ccccn2)cc1. The second kappa shape index (κ2) is 6.63. The third-order valence-corrected chi connectivity index (χ3v) is 3.10. The first-order valence-corrected chi connectivity index (χ1v) is 6.89. The Bertz CT molecular complexity index is 712. The molecule has 0 bridgehead atoms. The molecule has 3 nitrogen and oxygen atoms in total. The van der Waals surface area contributed by atoms with Crippen LogP contribution in [0.1, 0.15) is 11.3 Å². The van der Waals surface area contributed by atoms with Crippen LogP contribution in [0, 0.1) is 5.82 Å². The maximum Gasteiger partial charge on any atom is 0.123 e. The summed E-state index contributed by atoms with van der Waals surface area (Å²) in [5, 5.41) is 4.45. The van der Waals surface area contributed by atoms with Crippen LogP contribution in [0.15, 0.2) is 84.1 Å². The summed E-state index contributed by atoms with van der Waals surface area (Å²) in [6.45, 7) is 0. The monoisotopic (exact) mass is 291 g/mol. The van der Waals surface area contributed by atoms with Crippen LogP contribution >= 0.6 is 0 Å². The maximum atomic E-state index is 12.9. The molecular formula is C18H14FN3. The molecule has 3 rings (SSSR count). The number of hydrogen-bond donors (Lipinski definition) is 1. The fourth-order valence-electron chi connectivity index (χ4n) is 2.01. The minimum Gasteiger partial charge on any atom is -0.278 e. The van der Waals surface area contributed by atoms with Gasteiger partial charge in [0.05, 0.1) is 11.4 Å². The van der Waals surface area contributed by atoms with Crippen LogP contribution in [-0.4, -0.2) is 10.7 Å². The van der Waals surface area contributed by atoms with Gasteiger partial charge in [0.15, 0.2) is 0 Å². The van der Waals surface area contributed by atoms with Gasteiger partial charge in [-0.05, 0) is 36.4 Å². The Labute approximate surface area is 128 Å². The highest BCUT2D eigenvalue weighted by Crippen LogP contribution is 2.12. The quantitative estimate of drug-likeness (QED) is 0.581. The highest BCUT2D eigenvalue weighted by molar-refractivity contribution is 6.11. The van der Waals surface area contributed by atoms with Crippen LogP contribution in [0.4, 0.5) is 10.1 Å². The Kier molecular flexibility index (Phi) is 4.20. The number of nitrogens with one attached hydrogen (secondary N) is 1. The molecule has 108 valence electrons. The molecule has 0 radical (unpaired) electrons. The average molecular weight is 291 g/mol. The molecule has 4 heteroatoms. The molecule has 0 saturated heterocycles. The zero-order chi connectivity index (χ0) is 15.2. The van der Waals surface area contributed by atoms with Gasteiger partial charge in [0, 0.05) is 11.8 Å². The predicted molar refractivity (Wildman–Crippen MR) is 86.3 cm³/mol. The normalized spacial score (nSPS) is 11.2. The van der Waals surface area contributed by atoms with E-state index in [-0.39, 0.29) is 5.82 Å². The number of hydrogen-bond acceptors (Lipinski definition) is 3. The molecule has 0 spiro atoms. The van der Waals surface area contributed by atoms with Crippen LogP contribution in [0.5, 0.6) is 0 Å². The molecule has 0 aliphatic heterocycles. The Morgan fingerprint density at radius 1 is 0.864 bits per heavy atom. The Hall–Kier alpha value is -3.01. The fraction of sp³-hybridized carbons (Fsp3) is 0. The van der Waals surface area contributed by atoms with Crippen molar-refractivity contribution in [3.8, 4) is 0 Å². The second-order valence-corrected chi connectivity index (χ2v) is 4.66. The van der Waals surface area contributed by atoms with Crippen LogP contribution in [-0.2, 0) is 0 Å².